The number of carbonyl (C=O) groups excluding carboxylic acids is 3. The molecule has 3 aliphatic rings. The first-order valence-corrected chi connectivity index (χ1v) is 37.3. The van der Waals surface area contributed by atoms with Gasteiger partial charge in [-0.1, -0.05) is 248 Å². The number of rotatable bonds is 51. The molecule has 3 heterocycles. The van der Waals surface area contributed by atoms with Crippen LogP contribution in [0.5, 0.6) is 0 Å². The molecule has 11 heteroatoms. The van der Waals surface area contributed by atoms with Gasteiger partial charge in [-0.2, -0.15) is 4.89 Å². The molecule has 3 fully saturated rings. The van der Waals surface area contributed by atoms with E-state index in [0.29, 0.717) is 58.5 Å². The maximum atomic E-state index is 13.2. The van der Waals surface area contributed by atoms with Crippen molar-refractivity contribution < 1.29 is 32.8 Å². The summed E-state index contributed by atoms with van der Waals surface area (Å²) in [4.78, 5) is 57.2. The summed E-state index contributed by atoms with van der Waals surface area (Å²) in [6.07, 6.45) is 47.3. The normalized spacial score (nSPS) is 14.9. The van der Waals surface area contributed by atoms with Crippen LogP contribution in [-0.4, -0.2) is 94.9 Å². The number of carbonyl (C=O) groups is 3. The summed E-state index contributed by atoms with van der Waals surface area (Å²) in [5, 5.41) is 0. The summed E-state index contributed by atoms with van der Waals surface area (Å²) in [6.45, 7) is 9.12. The molecule has 3 aromatic carbocycles. The number of likely N-dealkylation sites (tertiary alicyclic amines) is 3. The van der Waals surface area contributed by atoms with Crippen LogP contribution in [0.3, 0.4) is 0 Å². The van der Waals surface area contributed by atoms with Gasteiger partial charge in [0.1, 0.15) is 18.3 Å². The van der Waals surface area contributed by atoms with Gasteiger partial charge in [0.25, 0.3) is 0 Å². The lowest BCUT2D eigenvalue weighted by Crippen LogP contribution is -2.58. The van der Waals surface area contributed by atoms with Crippen molar-refractivity contribution in [3.63, 3.8) is 0 Å². The first-order chi connectivity index (χ1) is 42.1. The van der Waals surface area contributed by atoms with Gasteiger partial charge in [-0.15, -0.1) is 13.6 Å². The molecule has 3 saturated heterocycles. The summed E-state index contributed by atoms with van der Waals surface area (Å²) in [5.74, 6) is 0.365. The molecule has 3 aromatic rings. The van der Waals surface area contributed by atoms with Crippen LogP contribution in [0.1, 0.15) is 285 Å². The lowest BCUT2D eigenvalue weighted by Gasteiger charge is -2.42. The largest absolute Gasteiger partial charge is 0.573 e. The lowest BCUT2D eigenvalue weighted by molar-refractivity contribution is -0.149. The SMILES string of the molecule is CCCCCCCCc1cccc(CCCCCCCC(=O)N2CC(O[P+](O)(OC3CN(C(=O)CCCCCCCc4cccc(CCCCCCCC)c4)C3)OC3CN(C(=O)CCCCCCCc4cccc(CCCCCCCC)c4)C3)C2)c1. The quantitative estimate of drug-likeness (QED) is 0.0443. The second-order valence-electron chi connectivity index (χ2n) is 26.4. The van der Waals surface area contributed by atoms with Gasteiger partial charge >= 0.3 is 8.17 Å². The minimum atomic E-state index is -3.84. The van der Waals surface area contributed by atoms with Crippen LogP contribution in [0.25, 0.3) is 0 Å². The molecule has 0 unspecified atom stereocenters. The topological polar surface area (TPSA) is 109 Å². The van der Waals surface area contributed by atoms with Crippen LogP contribution < -0.4 is 0 Å². The Morgan fingerprint density at radius 2 is 0.535 bits per heavy atom. The molecule has 3 aliphatic heterocycles. The van der Waals surface area contributed by atoms with Crippen molar-refractivity contribution in [2.75, 3.05) is 39.3 Å². The van der Waals surface area contributed by atoms with Crippen LogP contribution >= 0.6 is 8.17 Å². The molecular formula is C75H121N3O7P+. The first-order valence-electron chi connectivity index (χ1n) is 35.9. The summed E-state index contributed by atoms with van der Waals surface area (Å²) in [5.41, 5.74) is 8.75. The van der Waals surface area contributed by atoms with Crippen LogP contribution in [0.4, 0.5) is 0 Å². The Labute approximate surface area is 525 Å². The molecule has 0 atom stereocenters. The number of unbranched alkanes of at least 4 members (excludes halogenated alkanes) is 27. The van der Waals surface area contributed by atoms with Gasteiger partial charge in [-0.3, -0.25) is 14.4 Å². The van der Waals surface area contributed by atoms with E-state index in [2.05, 4.69) is 93.6 Å². The van der Waals surface area contributed by atoms with Gasteiger partial charge in [-0.25, -0.2) is 0 Å². The van der Waals surface area contributed by atoms with Crippen LogP contribution in [0.2, 0.25) is 0 Å². The summed E-state index contributed by atoms with van der Waals surface area (Å²) in [7, 11) is -3.84. The predicted octanol–water partition coefficient (Wildman–Crippen LogP) is 18.8. The Hall–Kier alpha value is -3.66. The molecule has 482 valence electrons. The number of aryl methyl sites for hydroxylation is 6. The van der Waals surface area contributed by atoms with E-state index >= 15 is 0 Å². The van der Waals surface area contributed by atoms with E-state index in [1.165, 1.54) is 207 Å². The van der Waals surface area contributed by atoms with Gasteiger partial charge < -0.3 is 14.7 Å². The monoisotopic (exact) mass is 1210 g/mol. The Kier molecular flexibility index (Phi) is 35.8. The van der Waals surface area contributed by atoms with Gasteiger partial charge in [0.15, 0.2) is 0 Å². The fourth-order valence-electron chi connectivity index (χ4n) is 12.8. The van der Waals surface area contributed by atoms with Gasteiger partial charge in [0.2, 0.25) is 17.7 Å². The van der Waals surface area contributed by atoms with E-state index in [0.717, 1.165) is 77.0 Å². The molecule has 6 rings (SSSR count). The van der Waals surface area contributed by atoms with Gasteiger partial charge in [0, 0.05) is 19.3 Å². The average Bonchev–Trinajstić information content (AvgIpc) is 1.78. The predicted molar refractivity (Wildman–Crippen MR) is 358 cm³/mol. The lowest BCUT2D eigenvalue weighted by atomic mass is 10.00. The van der Waals surface area contributed by atoms with E-state index in [4.69, 9.17) is 13.6 Å². The third-order valence-corrected chi connectivity index (χ3v) is 20.1. The maximum absolute atomic E-state index is 13.2. The van der Waals surface area contributed by atoms with Crippen molar-refractivity contribution >= 4 is 25.9 Å². The van der Waals surface area contributed by atoms with E-state index in [1.807, 2.05) is 14.7 Å². The Morgan fingerprint density at radius 1 is 0.337 bits per heavy atom. The van der Waals surface area contributed by atoms with Crippen molar-refractivity contribution in [1.29, 1.82) is 0 Å². The number of hydrogen-bond acceptors (Lipinski definition) is 7. The zero-order chi connectivity index (χ0) is 60.7. The fraction of sp³-hybridized carbons (Fsp3) is 0.720. The Balaban J connectivity index is 0.851. The molecule has 0 spiro atoms. The second kappa shape index (κ2) is 43.1. The van der Waals surface area contributed by atoms with Crippen LogP contribution in [-0.2, 0) is 66.5 Å². The molecule has 10 nitrogen and oxygen atoms in total. The molecule has 1 N–H and O–H groups in total. The highest BCUT2D eigenvalue weighted by atomic mass is 31.2. The van der Waals surface area contributed by atoms with Crippen molar-refractivity contribution in [1.82, 2.24) is 14.7 Å². The number of benzene rings is 3. The highest BCUT2D eigenvalue weighted by molar-refractivity contribution is 7.55. The number of hydrogen-bond donors (Lipinski definition) is 1. The standard InChI is InChI=1S/C75H121N3O7P/c1-4-7-10-13-19-28-40-64-46-37-49-67(55-64)43-31-22-16-25-34-52-73(79)76-58-70(59-76)83-86(82,84-71-60-77(61-71)74(80)53-35-26-17-23-32-44-68-50-38-47-65(56-68)41-29-20-14-11-8-5-2)85-72-62-78(63-72)75(81)54-36-27-18-24-33-45-69-51-39-48-66(57-69)42-30-21-15-12-9-6-3/h37-39,46-51,55-57,70-72,82H,4-36,40-45,52-54,58-63H2,1-3H3/q+1. The maximum Gasteiger partial charge on any atom is 0.573 e. The number of nitrogens with zero attached hydrogens (tertiary/aromatic N) is 3. The van der Waals surface area contributed by atoms with E-state index in [9.17, 15) is 19.3 Å². The highest BCUT2D eigenvalue weighted by Gasteiger charge is 2.57. The summed E-state index contributed by atoms with van der Waals surface area (Å²) >= 11 is 0. The molecule has 0 radical (unpaired) electrons. The van der Waals surface area contributed by atoms with Crippen molar-refractivity contribution in [2.45, 2.75) is 309 Å². The molecule has 86 heavy (non-hydrogen) atoms. The third kappa shape index (κ3) is 29.3. The number of amides is 3. The van der Waals surface area contributed by atoms with E-state index in [-0.39, 0.29) is 17.7 Å². The minimum absolute atomic E-state index is 0.122. The smallest absolute Gasteiger partial charge is 0.337 e. The summed E-state index contributed by atoms with van der Waals surface area (Å²) < 4.78 is 18.8. The average molecular weight is 1210 g/mol. The summed E-state index contributed by atoms with van der Waals surface area (Å²) in [6, 6.07) is 27.6. The zero-order valence-electron chi connectivity index (χ0n) is 54.8. The molecule has 0 saturated carbocycles. The Bertz CT molecular complexity index is 2040. The Morgan fingerprint density at radius 3 is 0.756 bits per heavy atom. The third-order valence-electron chi connectivity index (χ3n) is 18.4. The van der Waals surface area contributed by atoms with E-state index in [1.54, 1.807) is 0 Å². The van der Waals surface area contributed by atoms with Crippen LogP contribution in [0.15, 0.2) is 72.8 Å². The molecule has 0 aliphatic carbocycles. The first kappa shape index (κ1) is 71.4. The second-order valence-corrected chi connectivity index (χ2v) is 27.9. The van der Waals surface area contributed by atoms with Crippen LogP contribution in [0, 0.1) is 0 Å². The fourth-order valence-corrected chi connectivity index (χ4v) is 14.5. The zero-order valence-corrected chi connectivity index (χ0v) is 55.7. The molecule has 0 bridgehead atoms. The van der Waals surface area contributed by atoms with Gasteiger partial charge in [-0.05, 0) is 130 Å². The van der Waals surface area contributed by atoms with Gasteiger partial charge in [0.05, 0.1) is 39.3 Å². The van der Waals surface area contributed by atoms with Crippen molar-refractivity contribution in [3.05, 3.63) is 106 Å². The molecule has 3 amide bonds. The molecular weight excluding hydrogens is 1090 g/mol. The molecule has 0 aromatic heterocycles. The van der Waals surface area contributed by atoms with E-state index < -0.39 is 26.5 Å². The van der Waals surface area contributed by atoms with Crippen molar-refractivity contribution in [3.8, 4) is 0 Å². The highest BCUT2D eigenvalue weighted by Crippen LogP contribution is 2.62. The minimum Gasteiger partial charge on any atom is -0.337 e. The van der Waals surface area contributed by atoms with Crippen molar-refractivity contribution in [2.24, 2.45) is 0 Å².